The first-order valence-corrected chi connectivity index (χ1v) is 3.80. The molecule has 1 unspecified atom stereocenters. The van der Waals surface area contributed by atoms with Crippen LogP contribution in [0.3, 0.4) is 0 Å². The first kappa shape index (κ1) is 8.33. The van der Waals surface area contributed by atoms with E-state index in [1.807, 2.05) is 11.9 Å². The minimum atomic E-state index is -1.18. The van der Waals surface area contributed by atoms with Crippen molar-refractivity contribution >= 4 is 6.16 Å². The fourth-order valence-electron chi connectivity index (χ4n) is 1.31. The molecule has 0 aromatic heterocycles. The minimum absolute atomic E-state index is 0.221. The molecule has 1 aliphatic heterocycles. The number of ether oxygens (including phenoxy) is 1. The van der Waals surface area contributed by atoms with Crippen molar-refractivity contribution in [3.63, 3.8) is 0 Å². The molecular weight excluding hydrogens is 146 g/mol. The Bertz CT molecular complexity index is 149. The van der Waals surface area contributed by atoms with Crippen molar-refractivity contribution in [2.45, 2.75) is 25.5 Å². The lowest BCUT2D eigenvalue weighted by Crippen LogP contribution is -2.39. The molecule has 0 aromatic rings. The molecule has 0 aliphatic carbocycles. The van der Waals surface area contributed by atoms with Crippen LogP contribution in [0.2, 0.25) is 0 Å². The molecule has 4 nitrogen and oxygen atoms in total. The quantitative estimate of drug-likeness (QED) is 0.582. The van der Waals surface area contributed by atoms with Gasteiger partial charge in [-0.05, 0) is 26.3 Å². The van der Waals surface area contributed by atoms with Crippen LogP contribution in [0, 0.1) is 0 Å². The van der Waals surface area contributed by atoms with Crippen LogP contribution in [-0.2, 0) is 4.74 Å². The Labute approximate surface area is 65.8 Å². The van der Waals surface area contributed by atoms with Crippen LogP contribution in [0.4, 0.5) is 4.79 Å². The van der Waals surface area contributed by atoms with E-state index in [0.717, 1.165) is 25.8 Å². The van der Waals surface area contributed by atoms with Gasteiger partial charge in [-0.25, -0.2) is 4.79 Å². The van der Waals surface area contributed by atoms with E-state index in [1.165, 1.54) is 0 Å². The van der Waals surface area contributed by atoms with Crippen LogP contribution >= 0.6 is 0 Å². The SMILES string of the molecule is CN1CCCCC1OC(=O)O. The van der Waals surface area contributed by atoms with Crippen LogP contribution in [-0.4, -0.2) is 36.0 Å². The van der Waals surface area contributed by atoms with Crippen LogP contribution in [0.15, 0.2) is 0 Å². The van der Waals surface area contributed by atoms with Gasteiger partial charge in [0.05, 0.1) is 0 Å². The highest BCUT2D eigenvalue weighted by atomic mass is 16.7. The first-order valence-electron chi connectivity index (χ1n) is 3.80. The molecule has 1 aliphatic rings. The molecule has 11 heavy (non-hydrogen) atoms. The second-order valence-electron chi connectivity index (χ2n) is 2.81. The second-order valence-corrected chi connectivity index (χ2v) is 2.81. The van der Waals surface area contributed by atoms with Crippen molar-refractivity contribution in [1.29, 1.82) is 0 Å². The van der Waals surface area contributed by atoms with Gasteiger partial charge < -0.3 is 9.84 Å². The molecule has 0 radical (unpaired) electrons. The maximum Gasteiger partial charge on any atom is 0.507 e. The van der Waals surface area contributed by atoms with Crippen molar-refractivity contribution in [3.8, 4) is 0 Å². The molecule has 1 fully saturated rings. The van der Waals surface area contributed by atoms with Gasteiger partial charge in [-0.15, -0.1) is 0 Å². The van der Waals surface area contributed by atoms with E-state index < -0.39 is 6.16 Å². The van der Waals surface area contributed by atoms with Crippen molar-refractivity contribution in [1.82, 2.24) is 4.90 Å². The van der Waals surface area contributed by atoms with Crippen LogP contribution in [0.25, 0.3) is 0 Å². The average molecular weight is 159 g/mol. The van der Waals surface area contributed by atoms with E-state index in [1.54, 1.807) is 0 Å². The predicted molar refractivity (Wildman–Crippen MR) is 39.4 cm³/mol. The third kappa shape index (κ3) is 2.38. The molecular formula is C7H13NO3. The summed E-state index contributed by atoms with van der Waals surface area (Å²) in [6.45, 7) is 0.929. The zero-order valence-corrected chi connectivity index (χ0v) is 6.62. The van der Waals surface area contributed by atoms with E-state index >= 15 is 0 Å². The largest absolute Gasteiger partial charge is 0.507 e. The highest BCUT2D eigenvalue weighted by molar-refractivity contribution is 5.57. The lowest BCUT2D eigenvalue weighted by Gasteiger charge is -2.30. The van der Waals surface area contributed by atoms with Gasteiger partial charge in [-0.2, -0.15) is 0 Å². The zero-order valence-electron chi connectivity index (χ0n) is 6.62. The third-order valence-corrected chi connectivity index (χ3v) is 1.94. The molecule has 0 bridgehead atoms. The third-order valence-electron chi connectivity index (χ3n) is 1.94. The fraction of sp³-hybridized carbons (Fsp3) is 0.857. The molecule has 4 heteroatoms. The zero-order chi connectivity index (χ0) is 8.27. The maximum atomic E-state index is 10.2. The van der Waals surface area contributed by atoms with Gasteiger partial charge in [0.25, 0.3) is 0 Å². The summed E-state index contributed by atoms with van der Waals surface area (Å²) < 4.78 is 4.65. The fourth-order valence-corrected chi connectivity index (χ4v) is 1.31. The Morgan fingerprint density at radius 2 is 2.36 bits per heavy atom. The number of hydrogen-bond acceptors (Lipinski definition) is 3. The average Bonchev–Trinajstić information content (AvgIpc) is 1.93. The minimum Gasteiger partial charge on any atom is -0.450 e. The summed E-state index contributed by atoms with van der Waals surface area (Å²) in [5.41, 5.74) is 0. The summed E-state index contributed by atoms with van der Waals surface area (Å²) in [5.74, 6) is 0. The smallest absolute Gasteiger partial charge is 0.450 e. The van der Waals surface area contributed by atoms with Crippen molar-refractivity contribution < 1.29 is 14.6 Å². The van der Waals surface area contributed by atoms with E-state index in [-0.39, 0.29) is 6.23 Å². The summed E-state index contributed by atoms with van der Waals surface area (Å²) in [6, 6.07) is 0. The Morgan fingerprint density at radius 1 is 1.64 bits per heavy atom. The van der Waals surface area contributed by atoms with Gasteiger partial charge >= 0.3 is 6.16 Å². The maximum absolute atomic E-state index is 10.2. The highest BCUT2D eigenvalue weighted by Gasteiger charge is 2.21. The lowest BCUT2D eigenvalue weighted by molar-refractivity contribution is -0.0427. The van der Waals surface area contributed by atoms with Gasteiger partial charge in [0, 0.05) is 6.54 Å². The summed E-state index contributed by atoms with van der Waals surface area (Å²) in [7, 11) is 1.88. The Balaban J connectivity index is 2.35. The number of likely N-dealkylation sites (tertiary alicyclic amines) is 1. The van der Waals surface area contributed by atoms with Gasteiger partial charge in [0.2, 0.25) is 0 Å². The van der Waals surface area contributed by atoms with Crippen molar-refractivity contribution in [2.75, 3.05) is 13.6 Å². The van der Waals surface area contributed by atoms with E-state index in [0.29, 0.717) is 0 Å². The first-order chi connectivity index (χ1) is 5.20. The molecule has 1 heterocycles. The Morgan fingerprint density at radius 3 is 2.91 bits per heavy atom. The normalized spacial score (nSPS) is 26.5. The number of nitrogens with zero attached hydrogens (tertiary/aromatic N) is 1. The van der Waals surface area contributed by atoms with Crippen LogP contribution in [0.5, 0.6) is 0 Å². The van der Waals surface area contributed by atoms with Gasteiger partial charge in [-0.1, -0.05) is 0 Å². The summed E-state index contributed by atoms with van der Waals surface area (Å²) >= 11 is 0. The topological polar surface area (TPSA) is 49.8 Å². The Kier molecular flexibility index (Phi) is 2.70. The molecule has 1 saturated heterocycles. The van der Waals surface area contributed by atoms with E-state index in [2.05, 4.69) is 4.74 Å². The molecule has 1 rings (SSSR count). The second kappa shape index (κ2) is 3.57. The number of hydrogen-bond donors (Lipinski definition) is 1. The molecule has 1 N–H and O–H groups in total. The van der Waals surface area contributed by atoms with E-state index in [9.17, 15) is 4.79 Å². The number of carboxylic acid groups (broad SMARTS) is 1. The Hall–Kier alpha value is -0.770. The van der Waals surface area contributed by atoms with Gasteiger partial charge in [-0.3, -0.25) is 4.90 Å². The molecule has 0 aromatic carbocycles. The van der Waals surface area contributed by atoms with Crippen LogP contribution in [0.1, 0.15) is 19.3 Å². The van der Waals surface area contributed by atoms with Crippen LogP contribution < -0.4 is 0 Å². The lowest BCUT2D eigenvalue weighted by atomic mass is 10.1. The highest BCUT2D eigenvalue weighted by Crippen LogP contribution is 2.15. The van der Waals surface area contributed by atoms with Gasteiger partial charge in [0.15, 0.2) is 6.23 Å². The predicted octanol–water partition coefficient (Wildman–Crippen LogP) is 1.12. The molecule has 0 spiro atoms. The number of rotatable bonds is 1. The summed E-state index contributed by atoms with van der Waals surface area (Å²) in [4.78, 5) is 12.1. The molecule has 64 valence electrons. The number of carbonyl (C=O) groups is 1. The number of piperidine rings is 1. The summed E-state index contributed by atoms with van der Waals surface area (Å²) in [6.07, 6.45) is 1.62. The van der Waals surface area contributed by atoms with Crippen molar-refractivity contribution in [2.24, 2.45) is 0 Å². The van der Waals surface area contributed by atoms with Gasteiger partial charge in [0.1, 0.15) is 0 Å². The van der Waals surface area contributed by atoms with E-state index in [4.69, 9.17) is 5.11 Å². The molecule has 0 amide bonds. The van der Waals surface area contributed by atoms with Crippen molar-refractivity contribution in [3.05, 3.63) is 0 Å². The molecule has 0 saturated carbocycles. The standard InChI is InChI=1S/C7H13NO3/c1-8-5-3-2-4-6(8)11-7(9)10/h6H,2-5H2,1H3,(H,9,10). The summed E-state index contributed by atoms with van der Waals surface area (Å²) in [5, 5.41) is 8.33. The molecule has 1 atom stereocenters. The monoisotopic (exact) mass is 159 g/mol.